The van der Waals surface area contributed by atoms with E-state index in [9.17, 15) is 15.3 Å². The van der Waals surface area contributed by atoms with Crippen LogP contribution in [-0.2, 0) is 4.79 Å². The fourth-order valence-corrected chi connectivity index (χ4v) is 5.73. The van der Waals surface area contributed by atoms with Crippen molar-refractivity contribution in [3.05, 3.63) is 41.5 Å². The van der Waals surface area contributed by atoms with Gasteiger partial charge in [0, 0.05) is 5.56 Å². The van der Waals surface area contributed by atoms with E-state index in [2.05, 4.69) is 21.4 Å². The molecule has 1 amide bonds. The molecule has 0 fully saturated rings. The van der Waals surface area contributed by atoms with Crippen LogP contribution in [0.15, 0.2) is 35.4 Å². The van der Waals surface area contributed by atoms with Gasteiger partial charge >= 0.3 is 0 Å². The van der Waals surface area contributed by atoms with Gasteiger partial charge in [0.1, 0.15) is 34.3 Å². The predicted octanol–water partition coefficient (Wildman–Crippen LogP) is 4.84. The Morgan fingerprint density at radius 3 is 2.25 bits per heavy atom. The lowest BCUT2D eigenvalue weighted by molar-refractivity contribution is -0.115. The van der Waals surface area contributed by atoms with Crippen LogP contribution >= 0.6 is 23.1 Å². The van der Waals surface area contributed by atoms with Crippen molar-refractivity contribution in [3.8, 4) is 46.3 Å². The van der Waals surface area contributed by atoms with Gasteiger partial charge in [-0.05, 0) is 42.8 Å². The van der Waals surface area contributed by atoms with Crippen LogP contribution in [0.5, 0.6) is 23.0 Å². The lowest BCUT2D eigenvalue weighted by Crippen LogP contribution is -2.22. The van der Waals surface area contributed by atoms with Crippen LogP contribution < -0.4 is 30.0 Å². The molecule has 0 aliphatic rings. The zero-order valence-electron chi connectivity index (χ0n) is 22.2. The van der Waals surface area contributed by atoms with Crippen LogP contribution in [0.2, 0.25) is 0 Å². The van der Waals surface area contributed by atoms with Gasteiger partial charge < -0.3 is 30.0 Å². The Kier molecular flexibility index (Phi) is 8.48. The first-order valence-corrected chi connectivity index (χ1v) is 13.3. The first-order chi connectivity index (χ1) is 19.3. The highest BCUT2D eigenvalue weighted by Gasteiger charge is 2.26. The maximum Gasteiger partial charge on any atom is 0.239 e. The number of anilines is 2. The number of benzene rings is 2. The summed E-state index contributed by atoms with van der Waals surface area (Å²) in [6.45, 7) is 1.67. The number of nitrogens with zero attached hydrogens (tertiary/aromatic N) is 4. The van der Waals surface area contributed by atoms with Crippen LogP contribution in [0.1, 0.15) is 18.1 Å². The maximum atomic E-state index is 13.1. The number of pyridine rings is 1. The monoisotopic (exact) mass is 576 g/mol. The molecular weight excluding hydrogens is 552 g/mol. The molecule has 204 valence electrons. The van der Waals surface area contributed by atoms with E-state index in [1.54, 1.807) is 32.2 Å². The summed E-state index contributed by atoms with van der Waals surface area (Å²) < 4.78 is 22.4. The zero-order valence-corrected chi connectivity index (χ0v) is 23.8. The van der Waals surface area contributed by atoms with Crippen molar-refractivity contribution in [3.63, 3.8) is 0 Å². The summed E-state index contributed by atoms with van der Waals surface area (Å²) >= 11 is 2.35. The minimum absolute atomic E-state index is 0.0113. The molecule has 0 aliphatic carbocycles. The average molecular weight is 577 g/mol. The summed E-state index contributed by atoms with van der Waals surface area (Å²) in [6.07, 6.45) is 0. The number of aromatic nitrogens is 2. The van der Waals surface area contributed by atoms with Gasteiger partial charge in [-0.15, -0.1) is 0 Å². The van der Waals surface area contributed by atoms with Gasteiger partial charge in [-0.3, -0.25) is 4.79 Å². The number of nitriles is 2. The van der Waals surface area contributed by atoms with E-state index in [1.165, 1.54) is 32.7 Å². The number of thiazole rings is 1. The van der Waals surface area contributed by atoms with Crippen molar-refractivity contribution in [1.82, 2.24) is 9.97 Å². The van der Waals surface area contributed by atoms with E-state index in [0.717, 1.165) is 22.0 Å². The minimum Gasteiger partial charge on any atom is -0.497 e. The molecule has 4 aromatic rings. The highest BCUT2D eigenvalue weighted by atomic mass is 32.2. The lowest BCUT2D eigenvalue weighted by Gasteiger charge is -2.18. The fourth-order valence-electron chi connectivity index (χ4n) is 3.91. The largest absolute Gasteiger partial charge is 0.497 e. The summed E-state index contributed by atoms with van der Waals surface area (Å²) in [4.78, 5) is 21.8. The summed E-state index contributed by atoms with van der Waals surface area (Å²) in [6, 6.07) is 12.9. The molecule has 2 aromatic carbocycles. The topological polar surface area (TPSA) is 165 Å². The molecule has 0 spiro atoms. The molecule has 1 unspecified atom stereocenters. The number of nitrogens with two attached hydrogens (primary N) is 1. The van der Waals surface area contributed by atoms with Gasteiger partial charge in [0.15, 0.2) is 16.6 Å². The van der Waals surface area contributed by atoms with E-state index < -0.39 is 5.25 Å². The van der Waals surface area contributed by atoms with Crippen molar-refractivity contribution < 1.29 is 23.7 Å². The maximum absolute atomic E-state index is 13.1. The number of ether oxygens (including phenoxy) is 4. The first kappa shape index (κ1) is 28.3. The van der Waals surface area contributed by atoms with E-state index in [0.29, 0.717) is 33.7 Å². The summed E-state index contributed by atoms with van der Waals surface area (Å²) in [5, 5.41) is 22.8. The number of methoxy groups -OCH3 is 4. The van der Waals surface area contributed by atoms with Crippen LogP contribution in [0, 0.1) is 22.7 Å². The number of rotatable bonds is 9. The third kappa shape index (κ3) is 5.38. The van der Waals surface area contributed by atoms with Crippen molar-refractivity contribution >= 4 is 50.2 Å². The number of nitrogen functional groups attached to an aromatic ring is 1. The normalized spacial score (nSPS) is 11.3. The quantitative estimate of drug-likeness (QED) is 0.262. The SMILES string of the molecule is COc1ccc2nc(NC(=O)C(C)Sc3nc(N)c(C#N)c(-c4cc(OC)c(OC)c(OC)c4)c3C#N)sc2c1. The molecule has 0 aliphatic heterocycles. The summed E-state index contributed by atoms with van der Waals surface area (Å²) in [5.74, 6) is 1.26. The van der Waals surface area contributed by atoms with Crippen molar-refractivity contribution in [2.75, 3.05) is 39.5 Å². The third-order valence-electron chi connectivity index (χ3n) is 5.85. The zero-order chi connectivity index (χ0) is 29.0. The molecule has 3 N–H and O–H groups in total. The fraction of sp³-hybridized carbons (Fsp3) is 0.222. The molecule has 2 aromatic heterocycles. The Balaban J connectivity index is 1.71. The van der Waals surface area contributed by atoms with Gasteiger partial charge in [0.2, 0.25) is 11.7 Å². The van der Waals surface area contributed by atoms with Crippen molar-refractivity contribution in [1.29, 1.82) is 10.5 Å². The number of thioether (sulfide) groups is 1. The highest BCUT2D eigenvalue weighted by Crippen LogP contribution is 2.44. The number of amides is 1. The highest BCUT2D eigenvalue weighted by molar-refractivity contribution is 8.00. The second kappa shape index (κ2) is 12.0. The van der Waals surface area contributed by atoms with Gasteiger partial charge in [0.05, 0.1) is 49.5 Å². The molecule has 11 nitrogen and oxygen atoms in total. The molecular formula is C27H24N6O5S2. The first-order valence-electron chi connectivity index (χ1n) is 11.6. The van der Waals surface area contributed by atoms with Gasteiger partial charge in [-0.2, -0.15) is 10.5 Å². The molecule has 0 saturated heterocycles. The van der Waals surface area contributed by atoms with Crippen LogP contribution in [0.4, 0.5) is 10.9 Å². The van der Waals surface area contributed by atoms with Crippen molar-refractivity contribution in [2.45, 2.75) is 17.2 Å². The summed E-state index contributed by atoms with van der Waals surface area (Å²) in [5.41, 5.74) is 7.66. The van der Waals surface area contributed by atoms with Gasteiger partial charge in [-0.1, -0.05) is 23.1 Å². The Bertz CT molecular complexity index is 1670. The Morgan fingerprint density at radius 2 is 1.68 bits per heavy atom. The molecule has 0 saturated carbocycles. The number of carbonyl (C=O) groups excluding carboxylic acids is 1. The van der Waals surface area contributed by atoms with E-state index in [4.69, 9.17) is 24.7 Å². The van der Waals surface area contributed by atoms with Crippen LogP contribution in [-0.4, -0.2) is 49.6 Å². The lowest BCUT2D eigenvalue weighted by atomic mass is 9.96. The second-order valence-electron chi connectivity index (χ2n) is 8.17. The van der Waals surface area contributed by atoms with Crippen molar-refractivity contribution in [2.24, 2.45) is 0 Å². The molecule has 2 heterocycles. The molecule has 0 bridgehead atoms. The number of hydrogen-bond donors (Lipinski definition) is 2. The number of nitrogens with one attached hydrogen (secondary N) is 1. The standard InChI is InChI=1S/C27H24N6O5S2/c1-13(25(34)33-27-31-18-7-6-15(35-2)10-21(18)40-27)39-26-17(12-29)22(16(11-28)24(30)32-26)14-8-19(36-3)23(38-5)20(9-14)37-4/h6-10,13H,1-5H3,(H2,30,32)(H,31,33,34). The van der Waals surface area contributed by atoms with Crippen LogP contribution in [0.25, 0.3) is 21.3 Å². The predicted molar refractivity (Wildman–Crippen MR) is 153 cm³/mol. The van der Waals surface area contributed by atoms with Crippen LogP contribution in [0.3, 0.4) is 0 Å². The molecule has 0 radical (unpaired) electrons. The Labute approximate surface area is 238 Å². The third-order valence-corrected chi connectivity index (χ3v) is 7.87. The minimum atomic E-state index is -0.693. The van der Waals surface area contributed by atoms with Gasteiger partial charge in [-0.25, -0.2) is 9.97 Å². The van der Waals surface area contributed by atoms with E-state index >= 15 is 0 Å². The average Bonchev–Trinajstić information content (AvgIpc) is 3.37. The van der Waals surface area contributed by atoms with E-state index in [-0.39, 0.29) is 33.4 Å². The molecule has 13 heteroatoms. The number of carbonyl (C=O) groups is 1. The Morgan fingerprint density at radius 1 is 1.00 bits per heavy atom. The second-order valence-corrected chi connectivity index (χ2v) is 10.5. The molecule has 4 rings (SSSR count). The smallest absolute Gasteiger partial charge is 0.239 e. The number of fused-ring (bicyclic) bond motifs is 1. The number of hydrogen-bond acceptors (Lipinski definition) is 12. The molecule has 40 heavy (non-hydrogen) atoms. The Hall–Kier alpha value is -4.72. The summed E-state index contributed by atoms with van der Waals surface area (Å²) in [7, 11) is 5.97. The van der Waals surface area contributed by atoms with E-state index in [1.807, 2.05) is 18.2 Å². The molecule has 1 atom stereocenters. The van der Waals surface area contributed by atoms with Gasteiger partial charge in [0.25, 0.3) is 0 Å².